The van der Waals surface area contributed by atoms with E-state index < -0.39 is 0 Å². The van der Waals surface area contributed by atoms with E-state index in [1.54, 1.807) is 53.4 Å². The lowest BCUT2D eigenvalue weighted by Gasteiger charge is -2.11. The van der Waals surface area contributed by atoms with Gasteiger partial charge in [0.2, 0.25) is 5.91 Å². The molecule has 0 aliphatic carbocycles. The van der Waals surface area contributed by atoms with Crippen LogP contribution in [0, 0.1) is 5.82 Å². The van der Waals surface area contributed by atoms with Crippen molar-refractivity contribution in [2.75, 3.05) is 5.75 Å². The molecule has 0 spiro atoms. The predicted molar refractivity (Wildman–Crippen MR) is 124 cm³/mol. The SMILES string of the molecule is O=C(CSc1nnc(-c2cccnc2)n1-c1ccc(Cl)c(Cl)c1)NCc1ccc(F)cc1. The van der Waals surface area contributed by atoms with Crippen LogP contribution in [0.5, 0.6) is 0 Å². The molecule has 0 atom stereocenters. The molecule has 2 aromatic carbocycles. The number of carbonyl (C=O) groups excluding carboxylic acids is 1. The molecular weight excluding hydrogens is 472 g/mol. The first kappa shape index (κ1) is 22.3. The van der Waals surface area contributed by atoms with Gasteiger partial charge in [-0.2, -0.15) is 0 Å². The van der Waals surface area contributed by atoms with Crippen LogP contribution in [-0.2, 0) is 11.3 Å². The number of halogens is 3. The Morgan fingerprint density at radius 2 is 1.88 bits per heavy atom. The highest BCUT2D eigenvalue weighted by molar-refractivity contribution is 7.99. The van der Waals surface area contributed by atoms with Crippen LogP contribution < -0.4 is 5.32 Å². The van der Waals surface area contributed by atoms with Crippen molar-refractivity contribution in [3.8, 4) is 17.1 Å². The van der Waals surface area contributed by atoms with Gasteiger partial charge in [0.15, 0.2) is 11.0 Å². The van der Waals surface area contributed by atoms with E-state index in [-0.39, 0.29) is 17.5 Å². The normalized spacial score (nSPS) is 10.8. The fourth-order valence-electron chi connectivity index (χ4n) is 2.89. The van der Waals surface area contributed by atoms with E-state index in [1.807, 2.05) is 6.07 Å². The number of nitrogens with zero attached hydrogens (tertiary/aromatic N) is 4. The highest BCUT2D eigenvalue weighted by atomic mass is 35.5. The summed E-state index contributed by atoms with van der Waals surface area (Å²) in [6, 6.07) is 14.9. The molecule has 10 heteroatoms. The number of thioether (sulfide) groups is 1. The minimum Gasteiger partial charge on any atom is -0.351 e. The minimum absolute atomic E-state index is 0.119. The van der Waals surface area contributed by atoms with E-state index in [2.05, 4.69) is 20.5 Å². The average molecular weight is 488 g/mol. The molecule has 0 saturated carbocycles. The predicted octanol–water partition coefficient (Wildman–Crippen LogP) is 5.18. The molecule has 0 saturated heterocycles. The third-order valence-corrected chi connectivity index (χ3v) is 6.12. The van der Waals surface area contributed by atoms with Crippen LogP contribution in [0.25, 0.3) is 17.1 Å². The lowest BCUT2D eigenvalue weighted by molar-refractivity contribution is -0.118. The van der Waals surface area contributed by atoms with Gasteiger partial charge >= 0.3 is 0 Å². The highest BCUT2D eigenvalue weighted by Crippen LogP contribution is 2.31. The monoisotopic (exact) mass is 487 g/mol. The Morgan fingerprint density at radius 3 is 2.59 bits per heavy atom. The lowest BCUT2D eigenvalue weighted by Crippen LogP contribution is -2.24. The van der Waals surface area contributed by atoms with Crippen LogP contribution in [-0.4, -0.2) is 31.4 Å². The molecular formula is C22H16Cl2FN5OS. The van der Waals surface area contributed by atoms with Crippen molar-refractivity contribution in [2.24, 2.45) is 0 Å². The van der Waals surface area contributed by atoms with E-state index in [0.29, 0.717) is 33.3 Å². The molecule has 4 aromatic rings. The highest BCUT2D eigenvalue weighted by Gasteiger charge is 2.18. The zero-order chi connectivity index (χ0) is 22.5. The van der Waals surface area contributed by atoms with Crippen LogP contribution in [0.1, 0.15) is 5.56 Å². The number of hydrogen-bond acceptors (Lipinski definition) is 5. The quantitative estimate of drug-likeness (QED) is 0.363. The fraction of sp³-hybridized carbons (Fsp3) is 0.0909. The number of aromatic nitrogens is 4. The molecule has 32 heavy (non-hydrogen) atoms. The summed E-state index contributed by atoms with van der Waals surface area (Å²) in [5, 5.41) is 12.7. The molecule has 0 bridgehead atoms. The van der Waals surface area contributed by atoms with Crippen LogP contribution in [0.3, 0.4) is 0 Å². The molecule has 0 aliphatic heterocycles. The van der Waals surface area contributed by atoms with Gasteiger partial charge in [-0.25, -0.2) is 4.39 Å². The van der Waals surface area contributed by atoms with E-state index in [0.717, 1.165) is 11.1 Å². The molecule has 2 heterocycles. The molecule has 4 rings (SSSR count). The second-order valence-electron chi connectivity index (χ2n) is 6.67. The average Bonchev–Trinajstić information content (AvgIpc) is 3.23. The summed E-state index contributed by atoms with van der Waals surface area (Å²) in [4.78, 5) is 16.5. The molecule has 0 fully saturated rings. The number of nitrogens with one attached hydrogen (secondary N) is 1. The van der Waals surface area contributed by atoms with Crippen molar-refractivity contribution in [1.29, 1.82) is 0 Å². The maximum atomic E-state index is 13.0. The van der Waals surface area contributed by atoms with Crippen molar-refractivity contribution in [3.63, 3.8) is 0 Å². The lowest BCUT2D eigenvalue weighted by atomic mass is 10.2. The van der Waals surface area contributed by atoms with Crippen molar-refractivity contribution >= 4 is 40.9 Å². The van der Waals surface area contributed by atoms with Crippen molar-refractivity contribution in [3.05, 3.63) is 88.4 Å². The van der Waals surface area contributed by atoms with Gasteiger partial charge in [-0.3, -0.25) is 14.3 Å². The van der Waals surface area contributed by atoms with Gasteiger partial charge in [0.25, 0.3) is 0 Å². The molecule has 1 amide bonds. The standard InChI is InChI=1S/C22H16Cl2FN5OS/c23-18-8-7-17(10-19(18)24)30-21(15-2-1-9-26-12-15)28-29-22(30)32-13-20(31)27-11-14-3-5-16(25)6-4-14/h1-10,12H,11,13H2,(H,27,31). The second-order valence-corrected chi connectivity index (χ2v) is 8.43. The number of hydrogen-bond donors (Lipinski definition) is 1. The van der Waals surface area contributed by atoms with E-state index >= 15 is 0 Å². The fourth-order valence-corrected chi connectivity index (χ4v) is 3.96. The summed E-state index contributed by atoms with van der Waals surface area (Å²) in [7, 11) is 0. The summed E-state index contributed by atoms with van der Waals surface area (Å²) in [6.07, 6.45) is 3.35. The van der Waals surface area contributed by atoms with Crippen molar-refractivity contribution in [2.45, 2.75) is 11.7 Å². The molecule has 0 radical (unpaired) electrons. The molecule has 0 aliphatic rings. The van der Waals surface area contributed by atoms with Gasteiger partial charge in [-0.1, -0.05) is 47.1 Å². The Hall–Kier alpha value is -2.94. The number of rotatable bonds is 7. The second kappa shape index (κ2) is 10.1. The largest absolute Gasteiger partial charge is 0.351 e. The zero-order valence-corrected chi connectivity index (χ0v) is 18.8. The number of pyridine rings is 1. The number of carbonyl (C=O) groups is 1. The van der Waals surface area contributed by atoms with Crippen molar-refractivity contribution in [1.82, 2.24) is 25.1 Å². The van der Waals surface area contributed by atoms with Gasteiger partial charge in [-0.05, 0) is 48.0 Å². The van der Waals surface area contributed by atoms with Crippen LogP contribution in [0.2, 0.25) is 10.0 Å². The zero-order valence-electron chi connectivity index (χ0n) is 16.5. The summed E-state index contributed by atoms with van der Waals surface area (Å²) < 4.78 is 14.8. The van der Waals surface area contributed by atoms with Crippen molar-refractivity contribution < 1.29 is 9.18 Å². The van der Waals surface area contributed by atoms with E-state index in [9.17, 15) is 9.18 Å². The topological polar surface area (TPSA) is 72.7 Å². The molecule has 162 valence electrons. The maximum absolute atomic E-state index is 13.0. The number of benzene rings is 2. The molecule has 2 aromatic heterocycles. The number of amides is 1. The molecule has 1 N–H and O–H groups in total. The Morgan fingerprint density at radius 1 is 1.06 bits per heavy atom. The summed E-state index contributed by atoms with van der Waals surface area (Å²) >= 11 is 13.5. The Balaban J connectivity index is 1.54. The molecule has 6 nitrogen and oxygen atoms in total. The van der Waals surface area contributed by atoms with Crippen LogP contribution >= 0.6 is 35.0 Å². The maximum Gasteiger partial charge on any atom is 0.230 e. The smallest absolute Gasteiger partial charge is 0.230 e. The van der Waals surface area contributed by atoms with Gasteiger partial charge in [0.05, 0.1) is 21.5 Å². The van der Waals surface area contributed by atoms with Gasteiger partial charge < -0.3 is 5.32 Å². The Kier molecular flexibility index (Phi) is 7.04. The minimum atomic E-state index is -0.318. The summed E-state index contributed by atoms with van der Waals surface area (Å²) in [5.41, 5.74) is 2.28. The van der Waals surface area contributed by atoms with Gasteiger partial charge in [-0.15, -0.1) is 10.2 Å². The van der Waals surface area contributed by atoms with E-state index in [1.165, 1.54) is 23.9 Å². The van der Waals surface area contributed by atoms with Crippen LogP contribution in [0.15, 0.2) is 72.1 Å². The first-order valence-electron chi connectivity index (χ1n) is 9.46. The first-order chi connectivity index (χ1) is 15.5. The van der Waals surface area contributed by atoms with Gasteiger partial charge in [0.1, 0.15) is 5.82 Å². The third-order valence-electron chi connectivity index (χ3n) is 4.45. The van der Waals surface area contributed by atoms with E-state index in [4.69, 9.17) is 23.2 Å². The van der Waals surface area contributed by atoms with Crippen LogP contribution in [0.4, 0.5) is 4.39 Å². The summed E-state index contributed by atoms with van der Waals surface area (Å²) in [6.45, 7) is 0.306. The van der Waals surface area contributed by atoms with Gasteiger partial charge in [0, 0.05) is 24.5 Å². The Labute approximate surface area is 197 Å². The Bertz CT molecular complexity index is 1240. The summed E-state index contributed by atoms with van der Waals surface area (Å²) in [5.74, 6) is 0.173. The first-order valence-corrected chi connectivity index (χ1v) is 11.2. The third kappa shape index (κ3) is 5.27. The molecule has 0 unspecified atom stereocenters.